The Labute approximate surface area is 100 Å². The van der Waals surface area contributed by atoms with E-state index < -0.39 is 0 Å². The largest absolute Gasteiger partial charge is 0.371 e. The molecule has 0 aliphatic carbocycles. The molecule has 0 saturated carbocycles. The predicted octanol–water partition coefficient (Wildman–Crippen LogP) is 4.32. The third-order valence-electron chi connectivity index (χ3n) is 3.05. The first-order valence-corrected chi connectivity index (χ1v) is 6.59. The summed E-state index contributed by atoms with van der Waals surface area (Å²) in [6.07, 6.45) is 4.11. The van der Waals surface area contributed by atoms with E-state index in [0.717, 1.165) is 0 Å². The molecule has 0 spiro atoms. The quantitative estimate of drug-likeness (QED) is 0.680. The van der Waals surface area contributed by atoms with E-state index in [-0.39, 0.29) is 0 Å². The summed E-state index contributed by atoms with van der Waals surface area (Å²) >= 11 is 0. The van der Waals surface area contributed by atoms with Crippen LogP contribution in [0.25, 0.3) is 0 Å². The molecule has 90 valence electrons. The van der Waals surface area contributed by atoms with Crippen LogP contribution in [0.1, 0.15) is 44.2 Å². The van der Waals surface area contributed by atoms with Crippen LogP contribution in [0.3, 0.4) is 0 Å². The van der Waals surface area contributed by atoms with E-state index in [0.29, 0.717) is 0 Å². The molecule has 1 aliphatic rings. The molecule has 1 nitrogen and oxygen atoms in total. The molecule has 1 heteroatoms. The molecule has 1 fully saturated rings. The zero-order valence-corrected chi connectivity index (χ0v) is 11.2. The third-order valence-corrected chi connectivity index (χ3v) is 3.05. The van der Waals surface area contributed by atoms with Crippen LogP contribution in [0.2, 0.25) is 0 Å². The van der Waals surface area contributed by atoms with Gasteiger partial charge in [0.15, 0.2) is 0 Å². The third kappa shape index (κ3) is 3.26. The van der Waals surface area contributed by atoms with E-state index in [9.17, 15) is 0 Å². The van der Waals surface area contributed by atoms with Crippen molar-refractivity contribution in [2.75, 3.05) is 18.0 Å². The average molecular weight is 219 g/mol. The fourth-order valence-corrected chi connectivity index (χ4v) is 2.30. The molecule has 0 amide bonds. The number of hydrogen-bond acceptors (Lipinski definition) is 1. The van der Waals surface area contributed by atoms with Gasteiger partial charge in [-0.3, -0.25) is 0 Å². The van der Waals surface area contributed by atoms with Crippen molar-refractivity contribution in [1.29, 1.82) is 0 Å². The first-order valence-electron chi connectivity index (χ1n) is 6.59. The molecule has 1 aromatic carbocycles. The number of rotatable bonds is 1. The topological polar surface area (TPSA) is 3.24 Å². The SMILES string of the molecule is CC.Cc1ccc(N2CCCCC2)c(C)c1. The number of benzene rings is 1. The fourth-order valence-electron chi connectivity index (χ4n) is 2.30. The maximum atomic E-state index is 2.53. The summed E-state index contributed by atoms with van der Waals surface area (Å²) in [5, 5.41) is 0. The Morgan fingerprint density at radius 3 is 2.12 bits per heavy atom. The Morgan fingerprint density at radius 2 is 1.56 bits per heavy atom. The Morgan fingerprint density at radius 1 is 0.938 bits per heavy atom. The maximum absolute atomic E-state index is 2.53. The van der Waals surface area contributed by atoms with Crippen molar-refractivity contribution in [2.45, 2.75) is 47.0 Å². The van der Waals surface area contributed by atoms with Gasteiger partial charge in [-0.2, -0.15) is 0 Å². The zero-order valence-electron chi connectivity index (χ0n) is 11.2. The lowest BCUT2D eigenvalue weighted by Gasteiger charge is -2.30. The highest BCUT2D eigenvalue weighted by Crippen LogP contribution is 2.24. The van der Waals surface area contributed by atoms with Gasteiger partial charge in [-0.1, -0.05) is 31.5 Å². The number of anilines is 1. The minimum absolute atomic E-state index is 1.24. The Balaban J connectivity index is 0.000000606. The minimum Gasteiger partial charge on any atom is -0.371 e. The summed E-state index contributed by atoms with van der Waals surface area (Å²) in [6, 6.07) is 6.77. The van der Waals surface area contributed by atoms with Crippen LogP contribution in [0.4, 0.5) is 5.69 Å². The van der Waals surface area contributed by atoms with Crippen LogP contribution in [-0.4, -0.2) is 13.1 Å². The van der Waals surface area contributed by atoms with Crippen molar-refractivity contribution in [1.82, 2.24) is 0 Å². The number of piperidine rings is 1. The predicted molar refractivity (Wildman–Crippen MR) is 73.3 cm³/mol. The second kappa shape index (κ2) is 6.57. The van der Waals surface area contributed by atoms with E-state index in [1.54, 1.807) is 0 Å². The van der Waals surface area contributed by atoms with Gasteiger partial charge in [-0.25, -0.2) is 0 Å². The van der Waals surface area contributed by atoms with Gasteiger partial charge in [-0.05, 0) is 44.7 Å². The Hall–Kier alpha value is -0.980. The first kappa shape index (κ1) is 13.1. The van der Waals surface area contributed by atoms with E-state index in [1.165, 1.54) is 49.2 Å². The lowest BCUT2D eigenvalue weighted by Crippen LogP contribution is -2.29. The molecule has 0 atom stereocenters. The molecule has 0 aromatic heterocycles. The van der Waals surface area contributed by atoms with Crippen molar-refractivity contribution >= 4 is 5.69 Å². The van der Waals surface area contributed by atoms with Gasteiger partial charge in [0.05, 0.1) is 0 Å². The van der Waals surface area contributed by atoms with Crippen LogP contribution in [0.5, 0.6) is 0 Å². The summed E-state index contributed by atoms with van der Waals surface area (Å²) < 4.78 is 0. The molecular formula is C15H25N. The van der Waals surface area contributed by atoms with Crippen molar-refractivity contribution in [3.63, 3.8) is 0 Å². The van der Waals surface area contributed by atoms with Gasteiger partial charge < -0.3 is 4.90 Å². The standard InChI is InChI=1S/C13H19N.C2H6/c1-11-6-7-13(12(2)10-11)14-8-4-3-5-9-14;1-2/h6-7,10H,3-5,8-9H2,1-2H3;1-2H3. The van der Waals surface area contributed by atoms with Crippen LogP contribution in [0.15, 0.2) is 18.2 Å². The van der Waals surface area contributed by atoms with Crippen LogP contribution >= 0.6 is 0 Å². The molecule has 1 aromatic rings. The summed E-state index contributed by atoms with van der Waals surface area (Å²) in [4.78, 5) is 2.53. The Bertz CT molecular complexity index is 311. The van der Waals surface area contributed by atoms with Crippen molar-refractivity contribution in [2.24, 2.45) is 0 Å². The molecule has 1 saturated heterocycles. The molecule has 1 heterocycles. The molecule has 0 radical (unpaired) electrons. The van der Waals surface area contributed by atoms with Crippen LogP contribution < -0.4 is 4.90 Å². The van der Waals surface area contributed by atoms with E-state index in [4.69, 9.17) is 0 Å². The smallest absolute Gasteiger partial charge is 0.0396 e. The molecular weight excluding hydrogens is 194 g/mol. The molecule has 0 unspecified atom stereocenters. The van der Waals surface area contributed by atoms with Crippen LogP contribution in [0, 0.1) is 13.8 Å². The summed E-state index contributed by atoms with van der Waals surface area (Å²) in [6.45, 7) is 10.9. The van der Waals surface area contributed by atoms with Gasteiger partial charge >= 0.3 is 0 Å². The second-order valence-corrected chi connectivity index (χ2v) is 4.34. The zero-order chi connectivity index (χ0) is 12.0. The average Bonchev–Trinajstić information content (AvgIpc) is 2.33. The normalized spacial score (nSPS) is 15.4. The highest BCUT2D eigenvalue weighted by molar-refractivity contribution is 5.54. The van der Waals surface area contributed by atoms with Crippen molar-refractivity contribution in [3.8, 4) is 0 Å². The highest BCUT2D eigenvalue weighted by atomic mass is 15.1. The highest BCUT2D eigenvalue weighted by Gasteiger charge is 2.12. The minimum atomic E-state index is 1.24. The van der Waals surface area contributed by atoms with Crippen LogP contribution in [-0.2, 0) is 0 Å². The van der Waals surface area contributed by atoms with E-state index in [2.05, 4.69) is 36.9 Å². The Kier molecular flexibility index (Phi) is 5.37. The molecule has 2 rings (SSSR count). The molecule has 0 bridgehead atoms. The van der Waals surface area contributed by atoms with Crippen molar-refractivity contribution < 1.29 is 0 Å². The first-order chi connectivity index (χ1) is 7.77. The monoisotopic (exact) mass is 219 g/mol. The van der Waals surface area contributed by atoms with E-state index >= 15 is 0 Å². The van der Waals surface area contributed by atoms with E-state index in [1.807, 2.05) is 13.8 Å². The van der Waals surface area contributed by atoms with Gasteiger partial charge in [0.25, 0.3) is 0 Å². The summed E-state index contributed by atoms with van der Waals surface area (Å²) in [5.41, 5.74) is 4.23. The van der Waals surface area contributed by atoms with Gasteiger partial charge in [-0.15, -0.1) is 0 Å². The number of hydrogen-bond donors (Lipinski definition) is 0. The van der Waals surface area contributed by atoms with Crippen molar-refractivity contribution in [3.05, 3.63) is 29.3 Å². The lowest BCUT2D eigenvalue weighted by molar-refractivity contribution is 0.577. The molecule has 1 aliphatic heterocycles. The van der Waals surface area contributed by atoms with Gasteiger partial charge in [0.1, 0.15) is 0 Å². The maximum Gasteiger partial charge on any atom is 0.0396 e. The second-order valence-electron chi connectivity index (χ2n) is 4.34. The summed E-state index contributed by atoms with van der Waals surface area (Å²) in [7, 11) is 0. The number of nitrogens with zero attached hydrogens (tertiary/aromatic N) is 1. The lowest BCUT2D eigenvalue weighted by atomic mass is 10.1. The van der Waals surface area contributed by atoms with Gasteiger partial charge in [0, 0.05) is 18.8 Å². The van der Waals surface area contributed by atoms with Gasteiger partial charge in [0.2, 0.25) is 0 Å². The molecule has 16 heavy (non-hydrogen) atoms. The summed E-state index contributed by atoms with van der Waals surface area (Å²) in [5.74, 6) is 0. The number of aryl methyl sites for hydroxylation is 2. The molecule has 0 N–H and O–H groups in total. The fraction of sp³-hybridized carbons (Fsp3) is 0.600.